The van der Waals surface area contributed by atoms with Gasteiger partial charge in [0.1, 0.15) is 23.9 Å². The lowest BCUT2D eigenvalue weighted by Gasteiger charge is -2.21. The zero-order valence-electron chi connectivity index (χ0n) is 38.7. The number of aromatic nitrogens is 12. The molecule has 3 aliphatic rings. The van der Waals surface area contributed by atoms with Crippen molar-refractivity contribution in [1.29, 1.82) is 0 Å². The van der Waals surface area contributed by atoms with Gasteiger partial charge in [0.15, 0.2) is 11.4 Å². The fourth-order valence-corrected chi connectivity index (χ4v) is 9.59. The van der Waals surface area contributed by atoms with E-state index in [2.05, 4.69) is 51.3 Å². The summed E-state index contributed by atoms with van der Waals surface area (Å²) in [6.07, 6.45) is 14.7. The van der Waals surface area contributed by atoms with E-state index < -0.39 is 0 Å². The van der Waals surface area contributed by atoms with Crippen molar-refractivity contribution in [2.45, 2.75) is 65.2 Å². The Balaban J connectivity index is 0.000000159. The minimum atomic E-state index is -0.227. The molecule has 0 saturated carbocycles. The van der Waals surface area contributed by atoms with Gasteiger partial charge in [-0.05, 0) is 63.0 Å². The van der Waals surface area contributed by atoms with Crippen molar-refractivity contribution in [1.82, 2.24) is 74.2 Å². The number of H-pyrrole nitrogens is 2. The summed E-state index contributed by atoms with van der Waals surface area (Å²) in [5.41, 5.74) is 10.5. The van der Waals surface area contributed by atoms with Crippen LogP contribution in [-0.2, 0) is 24.4 Å². The highest BCUT2D eigenvalue weighted by Gasteiger charge is 2.33. The van der Waals surface area contributed by atoms with E-state index in [9.17, 15) is 9.59 Å². The summed E-state index contributed by atoms with van der Waals surface area (Å²) in [6.45, 7) is 24.9. The van der Waals surface area contributed by atoms with Crippen molar-refractivity contribution in [2.75, 3.05) is 54.0 Å². The standard InChI is InChI=1S/C25H27N9O.C23H24N8O2/c1-15-20-14-33(30-15)10-4-9-32(3)25(35)22-21(16-11-18-19(20)13-29-23(18)28-12-16)24(26-2)34(31-22)17-5-7-27-8-6-17;1-14-18-13-30(27-14)7-5-6-29(3)23(32)20-19(22(24-2)31(28-20)8-9-33-4)15-10-16-17(18)12-26-21(16)25-11-15/h11-14,17,27H,4-10H2,1,3H3,(H,28,29);10-13H,5-9H2,1,3-4H3,(H,25,26). The zero-order chi connectivity index (χ0) is 47.2. The molecule has 3 N–H and O–H groups in total. The van der Waals surface area contributed by atoms with E-state index in [4.69, 9.17) is 28.1 Å². The van der Waals surface area contributed by atoms with Gasteiger partial charge in [-0.1, -0.05) is 23.3 Å². The third kappa shape index (κ3) is 7.76. The van der Waals surface area contributed by atoms with E-state index in [0.717, 1.165) is 100 Å². The largest absolute Gasteiger partial charge is 0.381 e. The first-order valence-corrected chi connectivity index (χ1v) is 22.8. The topological polar surface area (TPSA) is 199 Å². The number of carbonyl (C=O) groups excluding carboxylic acids is 2. The Hall–Kier alpha value is -7.94. The van der Waals surface area contributed by atoms with Crippen molar-refractivity contribution in [3.8, 4) is 44.5 Å². The van der Waals surface area contributed by atoms with E-state index in [1.165, 1.54) is 0 Å². The highest BCUT2D eigenvalue weighted by Crippen LogP contribution is 2.41. The number of ether oxygens (including phenoxy) is 1. The number of hydrogen-bond acceptors (Lipinski definition) is 10. The minimum Gasteiger partial charge on any atom is -0.381 e. The fraction of sp³-hybridized carbons (Fsp3) is 0.375. The Morgan fingerprint density at radius 3 is 1.74 bits per heavy atom. The number of fused-ring (bicyclic) bond motifs is 12. The molecule has 0 unspecified atom stereocenters. The van der Waals surface area contributed by atoms with Crippen molar-refractivity contribution in [3.05, 3.63) is 94.9 Å². The summed E-state index contributed by atoms with van der Waals surface area (Å²) in [4.78, 5) is 53.8. The molecule has 20 heteroatoms. The Labute approximate surface area is 391 Å². The van der Waals surface area contributed by atoms with Crippen molar-refractivity contribution >= 4 is 45.5 Å². The van der Waals surface area contributed by atoms with Gasteiger partial charge < -0.3 is 39.5 Å². The van der Waals surface area contributed by atoms with E-state index in [-0.39, 0.29) is 23.6 Å². The summed E-state index contributed by atoms with van der Waals surface area (Å²) in [5.74, 6) is 0.303. The van der Waals surface area contributed by atoms with Crippen molar-refractivity contribution in [3.63, 3.8) is 0 Å². The number of hydrogen-bond donors (Lipinski definition) is 3. The van der Waals surface area contributed by atoms with Crippen LogP contribution in [0.15, 0.2) is 49.3 Å². The van der Waals surface area contributed by atoms with Gasteiger partial charge in [0, 0.05) is 142 Å². The quantitative estimate of drug-likeness (QED) is 0.158. The molecule has 8 bridgehead atoms. The second-order valence-electron chi connectivity index (χ2n) is 17.5. The normalized spacial score (nSPS) is 15.5. The maximum absolute atomic E-state index is 13.7. The van der Waals surface area contributed by atoms with Crippen molar-refractivity contribution in [2.24, 2.45) is 0 Å². The molecule has 11 heterocycles. The van der Waals surface area contributed by atoms with Crippen LogP contribution in [0.1, 0.15) is 64.1 Å². The maximum atomic E-state index is 13.7. The Morgan fingerprint density at radius 2 is 1.22 bits per heavy atom. The maximum Gasteiger partial charge on any atom is 0.275 e. The Morgan fingerprint density at radius 1 is 0.706 bits per heavy atom. The van der Waals surface area contributed by atoms with Crippen LogP contribution in [0.25, 0.3) is 76.3 Å². The van der Waals surface area contributed by atoms with Gasteiger partial charge in [0.2, 0.25) is 0 Å². The van der Waals surface area contributed by atoms with Crippen LogP contribution in [0.5, 0.6) is 0 Å². The molecule has 0 aromatic carbocycles. The molecule has 0 atom stereocenters. The molecule has 2 amide bonds. The summed E-state index contributed by atoms with van der Waals surface area (Å²) in [6, 6.07) is 4.08. The van der Waals surface area contributed by atoms with Gasteiger partial charge >= 0.3 is 0 Å². The van der Waals surface area contributed by atoms with Crippen LogP contribution in [0.3, 0.4) is 0 Å². The average molecular weight is 914 g/mol. The van der Waals surface area contributed by atoms with Crippen LogP contribution in [-0.4, -0.2) is 135 Å². The highest BCUT2D eigenvalue weighted by atomic mass is 16.5. The van der Waals surface area contributed by atoms with E-state index in [1.807, 2.05) is 53.9 Å². The SMILES string of the molecule is [C-]#[N+]c1c2c(nn1C1CCNCC1)C(=O)N(C)CCCn1cc(c(C)n1)-c1c[nH]c3ncc-2cc13.[C-]#[N+]c1c2c(nn1CCOC)C(=O)N(C)CCCn1cc(c(C)n1)-c1c[nH]c3ncc-2cc13. The van der Waals surface area contributed by atoms with Gasteiger partial charge in [-0.15, -0.1) is 0 Å². The minimum absolute atomic E-state index is 0.0834. The third-order valence-electron chi connectivity index (χ3n) is 13.2. The predicted octanol–water partition coefficient (Wildman–Crippen LogP) is 6.82. The second-order valence-corrected chi connectivity index (χ2v) is 17.5. The first kappa shape index (κ1) is 43.9. The number of carbonyl (C=O) groups is 2. The molecule has 0 spiro atoms. The van der Waals surface area contributed by atoms with E-state index >= 15 is 0 Å². The van der Waals surface area contributed by atoms with Gasteiger partial charge in [-0.3, -0.25) is 19.0 Å². The van der Waals surface area contributed by atoms with Gasteiger partial charge in [-0.25, -0.2) is 9.97 Å². The molecular weight excluding hydrogens is 863 g/mol. The van der Waals surface area contributed by atoms with E-state index in [1.54, 1.807) is 52.8 Å². The zero-order valence-corrected chi connectivity index (χ0v) is 38.7. The number of methoxy groups -OCH3 is 1. The smallest absolute Gasteiger partial charge is 0.275 e. The average Bonchev–Trinajstić information content (AvgIpc) is 4.22. The Kier molecular flexibility index (Phi) is 11.7. The lowest BCUT2D eigenvalue weighted by molar-refractivity contribution is 0.0777. The highest BCUT2D eigenvalue weighted by molar-refractivity contribution is 6.05. The first-order valence-electron chi connectivity index (χ1n) is 22.8. The summed E-state index contributed by atoms with van der Waals surface area (Å²) < 4.78 is 12.4. The number of amides is 2. The lowest BCUT2D eigenvalue weighted by atomic mass is 10.0. The van der Waals surface area contributed by atoms with Gasteiger partial charge in [-0.2, -0.15) is 19.6 Å². The molecule has 1 fully saturated rings. The molecule has 11 rings (SSSR count). The van der Waals surface area contributed by atoms with Crippen molar-refractivity contribution < 1.29 is 14.3 Å². The molecule has 3 aliphatic heterocycles. The molecular formula is C48H51N17O3. The molecule has 68 heavy (non-hydrogen) atoms. The first-order chi connectivity index (χ1) is 33.1. The molecule has 8 aromatic heterocycles. The second kappa shape index (κ2) is 18.0. The molecule has 1 saturated heterocycles. The molecule has 0 aliphatic carbocycles. The fourth-order valence-electron chi connectivity index (χ4n) is 9.59. The number of pyridine rings is 2. The molecule has 0 radical (unpaired) electrons. The number of aromatic amines is 2. The van der Waals surface area contributed by atoms with Crippen LogP contribution < -0.4 is 5.32 Å². The van der Waals surface area contributed by atoms with Crippen LogP contribution in [0.2, 0.25) is 0 Å². The van der Waals surface area contributed by atoms with Gasteiger partial charge in [0.25, 0.3) is 23.5 Å². The Bertz CT molecular complexity index is 3320. The van der Waals surface area contributed by atoms with Crippen LogP contribution >= 0.6 is 0 Å². The number of nitrogens with zero attached hydrogens (tertiary/aromatic N) is 14. The number of piperidine rings is 1. The summed E-state index contributed by atoms with van der Waals surface area (Å²) in [5, 5.41) is 23.9. The number of nitrogens with one attached hydrogen (secondary N) is 3. The van der Waals surface area contributed by atoms with E-state index in [0.29, 0.717) is 73.4 Å². The summed E-state index contributed by atoms with van der Waals surface area (Å²) >= 11 is 0. The monoisotopic (exact) mass is 913 g/mol. The number of rotatable bonds is 4. The van der Waals surface area contributed by atoms with Gasteiger partial charge in [0.05, 0.1) is 18.0 Å². The predicted molar refractivity (Wildman–Crippen MR) is 255 cm³/mol. The van der Waals surface area contributed by atoms with Crippen LogP contribution in [0, 0.1) is 27.0 Å². The summed E-state index contributed by atoms with van der Waals surface area (Å²) in [7, 11) is 5.15. The molecule has 346 valence electrons. The third-order valence-corrected chi connectivity index (χ3v) is 13.2. The van der Waals surface area contributed by atoms with Crippen LogP contribution in [0.4, 0.5) is 11.6 Å². The molecule has 20 nitrogen and oxygen atoms in total. The number of aryl methyl sites for hydroxylation is 4. The molecule has 8 aromatic rings. The lowest BCUT2D eigenvalue weighted by Crippen LogP contribution is -2.31.